The van der Waals surface area contributed by atoms with Crippen LogP contribution in [0.25, 0.3) is 0 Å². The van der Waals surface area contributed by atoms with Crippen LogP contribution in [0.15, 0.2) is 25.3 Å². The Morgan fingerprint density at radius 3 is 1.75 bits per heavy atom. The first kappa shape index (κ1) is 14.6. The molecule has 92 valence electrons. The van der Waals surface area contributed by atoms with Crippen molar-refractivity contribution >= 4 is 6.16 Å². The van der Waals surface area contributed by atoms with Crippen LogP contribution in [0.4, 0.5) is 13.6 Å². The smallest absolute Gasteiger partial charge is 0.431 e. The van der Waals surface area contributed by atoms with Gasteiger partial charge < -0.3 is 9.47 Å². The van der Waals surface area contributed by atoms with Crippen molar-refractivity contribution in [2.24, 2.45) is 0 Å². The molecule has 2 atom stereocenters. The number of allylic oxidation sites excluding steroid dienone is 2. The molecule has 2 unspecified atom stereocenters. The molecule has 5 heteroatoms. The van der Waals surface area contributed by atoms with Crippen molar-refractivity contribution in [2.45, 2.75) is 25.2 Å². The van der Waals surface area contributed by atoms with E-state index in [2.05, 4.69) is 22.6 Å². The van der Waals surface area contributed by atoms with E-state index in [9.17, 15) is 13.6 Å². The lowest BCUT2D eigenvalue weighted by molar-refractivity contribution is 0.0254. The number of halogens is 2. The zero-order chi connectivity index (χ0) is 12.4. The number of hydrogen-bond donors (Lipinski definition) is 0. The Kier molecular flexibility index (Phi) is 8.11. The summed E-state index contributed by atoms with van der Waals surface area (Å²) in [5, 5.41) is 0. The highest BCUT2D eigenvalue weighted by Crippen LogP contribution is 2.02. The maximum Gasteiger partial charge on any atom is 0.508 e. The molecule has 0 fully saturated rings. The minimum atomic E-state index is -1.31. The van der Waals surface area contributed by atoms with Gasteiger partial charge in [-0.25, -0.2) is 13.6 Å². The fraction of sp³-hybridized carbons (Fsp3) is 0.545. The minimum Gasteiger partial charge on any atom is -0.431 e. The van der Waals surface area contributed by atoms with Gasteiger partial charge in [-0.1, -0.05) is 12.2 Å². The van der Waals surface area contributed by atoms with Gasteiger partial charge >= 0.3 is 6.16 Å². The second-order valence-corrected chi connectivity index (χ2v) is 3.12. The molecule has 0 aliphatic heterocycles. The Labute approximate surface area is 93.7 Å². The van der Waals surface area contributed by atoms with Crippen molar-refractivity contribution in [1.82, 2.24) is 0 Å². The van der Waals surface area contributed by atoms with Gasteiger partial charge in [0.15, 0.2) is 0 Å². The van der Waals surface area contributed by atoms with Crippen LogP contribution in [0.5, 0.6) is 0 Å². The van der Waals surface area contributed by atoms with Crippen LogP contribution in [-0.4, -0.2) is 31.7 Å². The maximum atomic E-state index is 12.8. The molecule has 0 aromatic heterocycles. The lowest BCUT2D eigenvalue weighted by Gasteiger charge is -2.09. The second kappa shape index (κ2) is 8.88. The number of carbonyl (C=O) groups is 1. The van der Waals surface area contributed by atoms with E-state index < -0.39 is 31.7 Å². The molecule has 0 saturated carbocycles. The SMILES string of the molecule is C=CCC(F)COC(=O)OCC(F)CC=C. The van der Waals surface area contributed by atoms with E-state index in [4.69, 9.17) is 0 Å². The zero-order valence-corrected chi connectivity index (χ0v) is 9.03. The van der Waals surface area contributed by atoms with Crippen LogP contribution in [-0.2, 0) is 9.47 Å². The van der Waals surface area contributed by atoms with Crippen molar-refractivity contribution in [1.29, 1.82) is 0 Å². The largest absolute Gasteiger partial charge is 0.508 e. The summed E-state index contributed by atoms with van der Waals surface area (Å²) < 4.78 is 34.4. The Bertz CT molecular complexity index is 209. The topological polar surface area (TPSA) is 35.5 Å². The molecule has 0 aliphatic rings. The number of alkyl halides is 2. The zero-order valence-electron chi connectivity index (χ0n) is 9.03. The minimum absolute atomic E-state index is 0.0927. The van der Waals surface area contributed by atoms with Crippen LogP contribution in [0, 0.1) is 0 Å². The predicted molar refractivity (Wildman–Crippen MR) is 56.7 cm³/mol. The van der Waals surface area contributed by atoms with Gasteiger partial charge in [-0.2, -0.15) is 0 Å². The first-order valence-electron chi connectivity index (χ1n) is 4.89. The third kappa shape index (κ3) is 7.96. The molecular weight excluding hydrogens is 218 g/mol. The molecule has 0 N–H and O–H groups in total. The highest BCUT2D eigenvalue weighted by Gasteiger charge is 2.12. The fourth-order valence-electron chi connectivity index (χ4n) is 0.856. The van der Waals surface area contributed by atoms with Crippen molar-refractivity contribution in [3.05, 3.63) is 25.3 Å². The molecule has 0 bridgehead atoms. The van der Waals surface area contributed by atoms with Gasteiger partial charge in [-0.05, 0) is 12.8 Å². The third-order valence-electron chi connectivity index (χ3n) is 1.61. The summed E-state index contributed by atoms with van der Waals surface area (Å²) in [4.78, 5) is 10.8. The number of ether oxygens (including phenoxy) is 2. The van der Waals surface area contributed by atoms with E-state index in [1.807, 2.05) is 0 Å². The van der Waals surface area contributed by atoms with Gasteiger partial charge in [0.05, 0.1) is 0 Å². The molecular formula is C11H16F2O3. The van der Waals surface area contributed by atoms with Gasteiger partial charge in [-0.15, -0.1) is 13.2 Å². The van der Waals surface area contributed by atoms with Crippen molar-refractivity contribution in [3.63, 3.8) is 0 Å². The quantitative estimate of drug-likeness (QED) is 0.478. The van der Waals surface area contributed by atoms with Gasteiger partial charge in [-0.3, -0.25) is 0 Å². The highest BCUT2D eigenvalue weighted by molar-refractivity contribution is 5.59. The Balaban J connectivity index is 3.58. The average Bonchev–Trinajstić information content (AvgIpc) is 2.24. The lowest BCUT2D eigenvalue weighted by Crippen LogP contribution is -2.19. The predicted octanol–water partition coefficient (Wildman–Crippen LogP) is 2.97. The van der Waals surface area contributed by atoms with Crippen molar-refractivity contribution < 1.29 is 23.0 Å². The third-order valence-corrected chi connectivity index (χ3v) is 1.61. The summed E-state index contributed by atoms with van der Waals surface area (Å²) >= 11 is 0. The fourth-order valence-corrected chi connectivity index (χ4v) is 0.856. The summed E-state index contributed by atoms with van der Waals surface area (Å²) in [6.07, 6.45) is -0.746. The molecule has 16 heavy (non-hydrogen) atoms. The van der Waals surface area contributed by atoms with Gasteiger partial charge in [0.2, 0.25) is 0 Å². The van der Waals surface area contributed by atoms with E-state index >= 15 is 0 Å². The van der Waals surface area contributed by atoms with Gasteiger partial charge in [0.1, 0.15) is 25.6 Å². The van der Waals surface area contributed by atoms with E-state index in [1.54, 1.807) is 0 Å². The van der Waals surface area contributed by atoms with E-state index in [0.29, 0.717) is 0 Å². The first-order chi connectivity index (χ1) is 7.60. The molecule has 0 aliphatic carbocycles. The van der Waals surface area contributed by atoms with E-state index in [-0.39, 0.29) is 12.8 Å². The van der Waals surface area contributed by atoms with Crippen LogP contribution in [0.3, 0.4) is 0 Å². The molecule has 0 aromatic carbocycles. The number of rotatable bonds is 8. The second-order valence-electron chi connectivity index (χ2n) is 3.12. The van der Waals surface area contributed by atoms with Crippen LogP contribution in [0.2, 0.25) is 0 Å². The standard InChI is InChI=1S/C11H16F2O3/c1-3-5-9(12)7-15-11(14)16-8-10(13)6-4-2/h3-4,9-10H,1-2,5-8H2. The average molecular weight is 234 g/mol. The molecule has 0 aromatic rings. The van der Waals surface area contributed by atoms with Crippen LogP contribution in [0.1, 0.15) is 12.8 Å². The summed E-state index contributed by atoms with van der Waals surface area (Å²) in [6.45, 7) is 5.85. The summed E-state index contributed by atoms with van der Waals surface area (Å²) in [5.41, 5.74) is 0. The highest BCUT2D eigenvalue weighted by atomic mass is 19.1. The Morgan fingerprint density at radius 1 is 1.06 bits per heavy atom. The molecule has 3 nitrogen and oxygen atoms in total. The molecule has 0 saturated heterocycles. The number of carbonyl (C=O) groups excluding carboxylic acids is 1. The Morgan fingerprint density at radius 2 is 1.44 bits per heavy atom. The molecule has 0 radical (unpaired) electrons. The molecule has 0 rings (SSSR count). The monoisotopic (exact) mass is 234 g/mol. The normalized spacial score (nSPS) is 13.6. The number of hydrogen-bond acceptors (Lipinski definition) is 3. The molecule has 0 spiro atoms. The summed E-state index contributed by atoms with van der Waals surface area (Å²) in [6, 6.07) is 0. The maximum absolute atomic E-state index is 12.8. The van der Waals surface area contributed by atoms with Crippen molar-refractivity contribution in [3.8, 4) is 0 Å². The van der Waals surface area contributed by atoms with Gasteiger partial charge in [0.25, 0.3) is 0 Å². The van der Waals surface area contributed by atoms with Gasteiger partial charge in [0, 0.05) is 0 Å². The molecule has 0 amide bonds. The van der Waals surface area contributed by atoms with Crippen molar-refractivity contribution in [2.75, 3.05) is 13.2 Å². The van der Waals surface area contributed by atoms with Crippen LogP contribution >= 0.6 is 0 Å². The molecule has 0 heterocycles. The summed E-state index contributed by atoms with van der Waals surface area (Å²) in [5.74, 6) is 0. The van der Waals surface area contributed by atoms with E-state index in [0.717, 1.165) is 0 Å². The first-order valence-corrected chi connectivity index (χ1v) is 4.89. The van der Waals surface area contributed by atoms with E-state index in [1.165, 1.54) is 12.2 Å². The lowest BCUT2D eigenvalue weighted by atomic mass is 10.3. The summed E-state index contributed by atoms with van der Waals surface area (Å²) in [7, 11) is 0. The van der Waals surface area contributed by atoms with Crippen LogP contribution < -0.4 is 0 Å². The Hall–Kier alpha value is -1.39.